The standard InChI is InChI=1S/C25H36FNOP.ClH.Ti/c1-23(2,3)17-13-19(24(4,5)6)22(28)21(14-17)29-20-11-10-18(26)12-16(20)15-27-25(7,8)9;;/h10-14,28-29H,15H2,1-9H3;1H;/q-1;;+2/p-1. The fraction of sp³-hybridized carbons (Fsp3) is 0.520. The van der Waals surface area contributed by atoms with Crippen LogP contribution in [-0.2, 0) is 36.7 Å². The van der Waals surface area contributed by atoms with E-state index in [0.717, 1.165) is 21.7 Å². The average molecular weight is 500 g/mol. The minimum atomic E-state index is -0.249. The number of halogens is 2. The van der Waals surface area contributed by atoms with Gasteiger partial charge in [0.25, 0.3) is 0 Å². The maximum atomic E-state index is 13.9. The van der Waals surface area contributed by atoms with Crippen LogP contribution in [0, 0.1) is 5.82 Å². The van der Waals surface area contributed by atoms with Crippen molar-refractivity contribution < 1.29 is 28.9 Å². The van der Waals surface area contributed by atoms with E-state index in [-0.39, 0.29) is 30.8 Å². The molecule has 0 aromatic heterocycles. The zero-order valence-electron chi connectivity index (χ0n) is 20.2. The van der Waals surface area contributed by atoms with E-state index in [1.807, 2.05) is 26.8 Å². The van der Waals surface area contributed by atoms with Gasteiger partial charge in [-0.25, -0.2) is 4.39 Å². The quantitative estimate of drug-likeness (QED) is 0.353. The molecule has 0 saturated heterocycles. The molecule has 0 radical (unpaired) electrons. The summed E-state index contributed by atoms with van der Waals surface area (Å²) >= 11 is 1.47. The molecule has 2 nitrogen and oxygen atoms in total. The molecule has 1 unspecified atom stereocenters. The molecule has 2 aromatic rings. The number of hydrogen-bond acceptors (Lipinski definition) is 1. The van der Waals surface area contributed by atoms with Crippen molar-refractivity contribution in [2.75, 3.05) is 0 Å². The molecule has 0 bridgehead atoms. The Kier molecular flexibility index (Phi) is 10.3. The molecule has 31 heavy (non-hydrogen) atoms. The molecule has 1 atom stereocenters. The van der Waals surface area contributed by atoms with Crippen LogP contribution in [0.5, 0.6) is 5.75 Å². The number of benzene rings is 2. The van der Waals surface area contributed by atoms with Crippen LogP contribution in [0.3, 0.4) is 0 Å². The molecule has 2 rings (SSSR count). The number of phenols is 1. The van der Waals surface area contributed by atoms with Gasteiger partial charge in [0, 0.05) is 10.9 Å². The van der Waals surface area contributed by atoms with Gasteiger partial charge < -0.3 is 10.4 Å². The SMILES string of the molecule is CC(C)(C)[N-]Cc1cc(F)ccc1Pc1cc(C(C)(C)C)cc(C(C)(C)C)c1O.[Cl][Ti+]. The first-order chi connectivity index (χ1) is 14.1. The fourth-order valence-electron chi connectivity index (χ4n) is 3.02. The van der Waals surface area contributed by atoms with Crippen LogP contribution in [0.1, 0.15) is 79.0 Å². The molecule has 0 aliphatic heterocycles. The van der Waals surface area contributed by atoms with Crippen LogP contribution < -0.4 is 10.6 Å². The number of rotatable bonds is 4. The van der Waals surface area contributed by atoms with Gasteiger partial charge in [-0.1, -0.05) is 88.6 Å². The van der Waals surface area contributed by atoms with Gasteiger partial charge in [0.2, 0.25) is 0 Å². The molecular weight excluding hydrogens is 464 g/mol. The van der Waals surface area contributed by atoms with Crippen molar-refractivity contribution >= 4 is 28.5 Å². The summed E-state index contributed by atoms with van der Waals surface area (Å²) in [5.74, 6) is 0.104. The summed E-state index contributed by atoms with van der Waals surface area (Å²) < 4.78 is 13.9. The first-order valence-corrected chi connectivity index (χ1v) is 13.5. The van der Waals surface area contributed by atoms with Gasteiger partial charge in [0.15, 0.2) is 0 Å². The molecule has 0 amide bonds. The topological polar surface area (TPSA) is 34.3 Å². The van der Waals surface area contributed by atoms with Crippen LogP contribution >= 0.6 is 17.9 Å². The second-order valence-electron chi connectivity index (χ2n) is 10.8. The third-order valence-electron chi connectivity index (χ3n) is 4.84. The summed E-state index contributed by atoms with van der Waals surface area (Å²) in [6.07, 6.45) is 0. The van der Waals surface area contributed by atoms with Gasteiger partial charge >= 0.3 is 28.7 Å². The van der Waals surface area contributed by atoms with Crippen LogP contribution in [-0.4, -0.2) is 10.6 Å². The molecule has 0 aliphatic carbocycles. The normalized spacial score (nSPS) is 12.7. The third-order valence-corrected chi connectivity index (χ3v) is 6.25. The Labute approximate surface area is 205 Å². The Hall–Kier alpha value is -0.436. The van der Waals surface area contributed by atoms with E-state index in [9.17, 15) is 9.50 Å². The summed E-state index contributed by atoms with van der Waals surface area (Å²) in [5, 5.41) is 17.7. The van der Waals surface area contributed by atoms with Crippen molar-refractivity contribution in [2.45, 2.75) is 85.2 Å². The molecule has 2 aromatic carbocycles. The van der Waals surface area contributed by atoms with E-state index >= 15 is 0 Å². The average Bonchev–Trinajstić information content (AvgIpc) is 2.62. The fourth-order valence-corrected chi connectivity index (χ4v) is 4.27. The first-order valence-electron chi connectivity index (χ1n) is 10.4. The van der Waals surface area contributed by atoms with E-state index < -0.39 is 0 Å². The molecule has 0 aliphatic rings. The molecule has 6 heteroatoms. The van der Waals surface area contributed by atoms with E-state index in [2.05, 4.69) is 68.3 Å². The molecule has 1 N–H and O–H groups in total. The summed E-state index contributed by atoms with van der Waals surface area (Å²) in [4.78, 5) is 0. The van der Waals surface area contributed by atoms with E-state index in [4.69, 9.17) is 0 Å². The van der Waals surface area contributed by atoms with Crippen molar-refractivity contribution in [2.24, 2.45) is 0 Å². The van der Waals surface area contributed by atoms with Gasteiger partial charge in [-0.3, -0.25) is 0 Å². The van der Waals surface area contributed by atoms with Crippen LogP contribution in [0.15, 0.2) is 30.3 Å². The van der Waals surface area contributed by atoms with Gasteiger partial charge in [0.05, 0.1) is 0 Å². The third kappa shape index (κ3) is 8.79. The Morgan fingerprint density at radius 2 is 1.48 bits per heavy atom. The molecule has 0 heterocycles. The van der Waals surface area contributed by atoms with Crippen molar-refractivity contribution in [3.63, 3.8) is 0 Å². The molecular formula is C25H36ClFNOPTi. The van der Waals surface area contributed by atoms with Crippen molar-refractivity contribution in [3.8, 4) is 5.75 Å². The van der Waals surface area contributed by atoms with E-state index in [1.54, 1.807) is 6.07 Å². The summed E-state index contributed by atoms with van der Waals surface area (Å²) in [6.45, 7) is 19.5. The Morgan fingerprint density at radius 3 is 1.97 bits per heavy atom. The first kappa shape index (κ1) is 28.6. The number of nitrogens with zero attached hydrogens (tertiary/aromatic N) is 1. The molecule has 170 valence electrons. The Balaban J connectivity index is 0.00000233. The molecule has 0 saturated carbocycles. The summed E-state index contributed by atoms with van der Waals surface area (Å²) in [6, 6.07) is 9.15. The minimum absolute atomic E-state index is 0.0277. The van der Waals surface area contributed by atoms with Crippen molar-refractivity contribution in [1.29, 1.82) is 0 Å². The van der Waals surface area contributed by atoms with Crippen molar-refractivity contribution in [3.05, 3.63) is 58.2 Å². The maximum absolute atomic E-state index is 13.9. The summed E-state index contributed by atoms with van der Waals surface area (Å²) in [7, 11) is 4.88. The number of hydrogen-bond donors (Lipinski definition) is 1. The Bertz CT molecular complexity index is 883. The van der Waals surface area contributed by atoms with E-state index in [1.165, 1.54) is 31.0 Å². The second-order valence-corrected chi connectivity index (χ2v) is 12.2. The van der Waals surface area contributed by atoms with Crippen LogP contribution in [0.2, 0.25) is 0 Å². The zero-order valence-corrected chi connectivity index (χ0v) is 23.6. The van der Waals surface area contributed by atoms with E-state index in [0.29, 0.717) is 12.3 Å². The van der Waals surface area contributed by atoms with Crippen LogP contribution in [0.25, 0.3) is 5.32 Å². The van der Waals surface area contributed by atoms with Gasteiger partial charge in [-0.2, -0.15) is 0 Å². The number of aromatic hydroxyl groups is 1. The van der Waals surface area contributed by atoms with Gasteiger partial charge in [-0.05, 0) is 39.9 Å². The zero-order chi connectivity index (χ0) is 24.2. The Morgan fingerprint density at radius 1 is 0.903 bits per heavy atom. The monoisotopic (exact) mass is 499 g/mol. The van der Waals surface area contributed by atoms with Crippen LogP contribution in [0.4, 0.5) is 4.39 Å². The molecule has 0 fully saturated rings. The van der Waals surface area contributed by atoms with Crippen molar-refractivity contribution in [1.82, 2.24) is 0 Å². The summed E-state index contributed by atoms with van der Waals surface area (Å²) in [5.41, 5.74) is 2.66. The predicted octanol–water partition coefficient (Wildman–Crippen LogP) is 7.11. The van der Waals surface area contributed by atoms with Gasteiger partial charge in [-0.15, -0.1) is 12.1 Å². The predicted molar refractivity (Wildman–Crippen MR) is 132 cm³/mol. The second kappa shape index (κ2) is 11.1. The number of phenolic OH excluding ortho intramolecular Hbond substituents is 1. The molecule has 0 spiro atoms. The van der Waals surface area contributed by atoms with Gasteiger partial charge in [0.1, 0.15) is 11.6 Å².